The topological polar surface area (TPSA) is 102 Å². The summed E-state index contributed by atoms with van der Waals surface area (Å²) in [5.41, 5.74) is 7.41. The fraction of sp³-hybridized carbons (Fsp3) is 0.462. The Morgan fingerprint density at radius 3 is 2.86 bits per heavy atom. The lowest BCUT2D eigenvalue weighted by atomic mass is 10.2. The maximum atomic E-state index is 11.5. The molecule has 0 aliphatic heterocycles. The summed E-state index contributed by atoms with van der Waals surface area (Å²) in [4.78, 5) is 18.3. The largest absolute Gasteiger partial charge is 0.383 e. The number of H-pyrrole nitrogens is 1. The zero-order valence-corrected chi connectivity index (χ0v) is 13.4. The third-order valence-corrected chi connectivity index (χ3v) is 4.00. The van der Waals surface area contributed by atoms with Crippen molar-refractivity contribution < 1.29 is 0 Å². The molecule has 2 rings (SSSR count). The van der Waals surface area contributed by atoms with Crippen molar-refractivity contribution in [2.45, 2.75) is 43.5 Å². The van der Waals surface area contributed by atoms with Crippen LogP contribution in [-0.4, -0.2) is 25.8 Å². The minimum Gasteiger partial charge on any atom is -0.383 e. The molecule has 7 nitrogen and oxygen atoms in total. The molecule has 0 unspecified atom stereocenters. The van der Waals surface area contributed by atoms with Crippen LogP contribution in [0.15, 0.2) is 21.0 Å². The Kier molecular flexibility index (Phi) is 4.69. The molecular formula is C13H20N6OS. The van der Waals surface area contributed by atoms with Gasteiger partial charge in [-0.2, -0.15) is 5.10 Å². The van der Waals surface area contributed by atoms with E-state index in [4.69, 9.17) is 5.73 Å². The lowest BCUT2D eigenvalue weighted by molar-refractivity contribution is 0.580. The molecule has 0 aliphatic carbocycles. The Labute approximate surface area is 127 Å². The molecule has 0 saturated heterocycles. The number of anilines is 1. The second-order valence-corrected chi connectivity index (χ2v) is 6.08. The predicted molar refractivity (Wildman–Crippen MR) is 83.3 cm³/mol. The van der Waals surface area contributed by atoms with Crippen molar-refractivity contribution >= 4 is 17.6 Å². The molecule has 0 fully saturated rings. The van der Waals surface area contributed by atoms with Gasteiger partial charge in [-0.15, -0.1) is 0 Å². The highest BCUT2D eigenvalue weighted by molar-refractivity contribution is 7.99. The van der Waals surface area contributed by atoms with E-state index in [1.807, 2.05) is 14.0 Å². The number of rotatable bonds is 5. The van der Waals surface area contributed by atoms with Crippen LogP contribution in [0.4, 0.5) is 5.82 Å². The average Bonchev–Trinajstić information content (AvgIpc) is 2.60. The molecule has 2 aromatic rings. The molecule has 0 radical (unpaired) electrons. The number of nitrogens with one attached hydrogen (secondary N) is 2. The second kappa shape index (κ2) is 6.31. The van der Waals surface area contributed by atoms with Crippen LogP contribution in [0.5, 0.6) is 0 Å². The Hall–Kier alpha value is -1.80. The minimum absolute atomic E-state index is 0.210. The van der Waals surface area contributed by atoms with E-state index in [1.165, 1.54) is 17.8 Å². The van der Waals surface area contributed by atoms with Crippen LogP contribution in [0, 0.1) is 6.92 Å². The summed E-state index contributed by atoms with van der Waals surface area (Å²) in [6, 6.07) is 1.65. The number of aromatic nitrogens is 4. The van der Waals surface area contributed by atoms with Crippen molar-refractivity contribution in [2.24, 2.45) is 7.05 Å². The van der Waals surface area contributed by atoms with E-state index < -0.39 is 0 Å². The first-order valence-electron chi connectivity index (χ1n) is 6.67. The first kappa shape index (κ1) is 15.6. The molecule has 8 heteroatoms. The first-order chi connectivity index (χ1) is 9.86. The highest BCUT2D eigenvalue weighted by Gasteiger charge is 2.16. The number of aromatic amines is 1. The maximum Gasteiger partial charge on any atom is 0.253 e. The lowest BCUT2D eigenvalue weighted by Gasteiger charge is -2.10. The van der Waals surface area contributed by atoms with Gasteiger partial charge in [0.25, 0.3) is 5.56 Å². The van der Waals surface area contributed by atoms with E-state index in [-0.39, 0.29) is 11.4 Å². The Balaban J connectivity index is 2.32. The van der Waals surface area contributed by atoms with Crippen LogP contribution < -0.4 is 16.6 Å². The zero-order valence-electron chi connectivity index (χ0n) is 12.6. The van der Waals surface area contributed by atoms with E-state index in [1.54, 1.807) is 4.68 Å². The number of nitrogen functional groups attached to an aromatic ring is 1. The van der Waals surface area contributed by atoms with E-state index in [2.05, 4.69) is 34.2 Å². The number of nitrogens with two attached hydrogens (primary N) is 1. The van der Waals surface area contributed by atoms with Gasteiger partial charge in [-0.3, -0.25) is 9.48 Å². The molecule has 0 aliphatic rings. The monoisotopic (exact) mass is 308 g/mol. The van der Waals surface area contributed by atoms with Crippen LogP contribution in [-0.2, 0) is 13.6 Å². The van der Waals surface area contributed by atoms with Crippen LogP contribution in [0.3, 0.4) is 0 Å². The fourth-order valence-corrected chi connectivity index (χ4v) is 2.91. The van der Waals surface area contributed by atoms with Gasteiger partial charge in [-0.25, -0.2) is 4.98 Å². The van der Waals surface area contributed by atoms with Gasteiger partial charge in [0.1, 0.15) is 10.8 Å². The van der Waals surface area contributed by atoms with Crippen molar-refractivity contribution in [3.05, 3.63) is 27.7 Å². The highest BCUT2D eigenvalue weighted by Crippen LogP contribution is 2.29. The third-order valence-electron chi connectivity index (χ3n) is 2.91. The molecular weight excluding hydrogens is 288 g/mol. The predicted octanol–water partition coefficient (Wildman–Crippen LogP) is 1.04. The summed E-state index contributed by atoms with van der Waals surface area (Å²) in [7, 11) is 1.87. The van der Waals surface area contributed by atoms with Gasteiger partial charge in [-0.1, -0.05) is 13.8 Å². The standard InChI is InChI=1S/C13H20N6OS/c1-7(2)15-6-9-8(3)18-19(4)12(9)21-13-16-10(14)5-11(20)17-13/h5,7,15H,6H2,1-4H3,(H3,14,16,17,20). The highest BCUT2D eigenvalue weighted by atomic mass is 32.2. The Morgan fingerprint density at radius 2 is 2.24 bits per heavy atom. The molecule has 114 valence electrons. The lowest BCUT2D eigenvalue weighted by Crippen LogP contribution is -2.22. The molecule has 0 spiro atoms. The van der Waals surface area contributed by atoms with Gasteiger partial charge in [0.2, 0.25) is 0 Å². The molecule has 0 bridgehead atoms. The summed E-state index contributed by atoms with van der Waals surface area (Å²) >= 11 is 1.36. The van der Waals surface area contributed by atoms with E-state index in [9.17, 15) is 4.79 Å². The second-order valence-electron chi connectivity index (χ2n) is 5.11. The molecule has 0 amide bonds. The van der Waals surface area contributed by atoms with Gasteiger partial charge < -0.3 is 16.0 Å². The molecule has 21 heavy (non-hydrogen) atoms. The third kappa shape index (κ3) is 3.85. The van der Waals surface area contributed by atoms with E-state index in [0.29, 0.717) is 17.7 Å². The fourth-order valence-electron chi connectivity index (χ4n) is 1.91. The van der Waals surface area contributed by atoms with Gasteiger partial charge in [-0.05, 0) is 18.7 Å². The van der Waals surface area contributed by atoms with Crippen molar-refractivity contribution in [2.75, 3.05) is 5.73 Å². The van der Waals surface area contributed by atoms with Gasteiger partial charge in [0.05, 0.1) is 5.69 Å². The molecule has 0 saturated carbocycles. The van der Waals surface area contributed by atoms with Crippen molar-refractivity contribution in [1.29, 1.82) is 0 Å². The van der Waals surface area contributed by atoms with Crippen LogP contribution in [0.2, 0.25) is 0 Å². The SMILES string of the molecule is Cc1nn(C)c(Sc2nc(N)cc(=O)[nH]2)c1CNC(C)C. The summed E-state index contributed by atoms with van der Waals surface area (Å²) in [6.07, 6.45) is 0. The first-order valence-corrected chi connectivity index (χ1v) is 7.49. The molecule has 2 aromatic heterocycles. The Bertz CT molecular complexity index is 690. The summed E-state index contributed by atoms with van der Waals surface area (Å²) in [6.45, 7) is 6.87. The maximum absolute atomic E-state index is 11.5. The number of nitrogens with zero attached hydrogens (tertiary/aromatic N) is 3. The quantitative estimate of drug-likeness (QED) is 0.714. The van der Waals surface area contributed by atoms with Gasteiger partial charge in [0.15, 0.2) is 5.16 Å². The number of hydrogen-bond acceptors (Lipinski definition) is 6. The van der Waals surface area contributed by atoms with Crippen molar-refractivity contribution in [1.82, 2.24) is 25.1 Å². The van der Waals surface area contributed by atoms with Crippen LogP contribution >= 0.6 is 11.8 Å². The normalized spacial score (nSPS) is 11.3. The van der Waals surface area contributed by atoms with Crippen molar-refractivity contribution in [3.63, 3.8) is 0 Å². The van der Waals surface area contributed by atoms with Crippen molar-refractivity contribution in [3.8, 4) is 0 Å². The van der Waals surface area contributed by atoms with Gasteiger partial charge in [0, 0.05) is 31.3 Å². The molecule has 4 N–H and O–H groups in total. The molecule has 2 heterocycles. The van der Waals surface area contributed by atoms with E-state index >= 15 is 0 Å². The van der Waals surface area contributed by atoms with Crippen LogP contribution in [0.1, 0.15) is 25.1 Å². The average molecular weight is 308 g/mol. The van der Waals surface area contributed by atoms with Gasteiger partial charge >= 0.3 is 0 Å². The summed E-state index contributed by atoms with van der Waals surface area (Å²) in [5.74, 6) is 0.210. The minimum atomic E-state index is -0.259. The zero-order chi connectivity index (χ0) is 15.6. The summed E-state index contributed by atoms with van der Waals surface area (Å²) < 4.78 is 1.79. The summed E-state index contributed by atoms with van der Waals surface area (Å²) in [5, 5.41) is 9.22. The molecule has 0 aromatic carbocycles. The Morgan fingerprint density at radius 1 is 1.52 bits per heavy atom. The van der Waals surface area contributed by atoms with E-state index in [0.717, 1.165) is 16.3 Å². The number of hydrogen-bond donors (Lipinski definition) is 3. The van der Waals surface area contributed by atoms with Crippen LogP contribution in [0.25, 0.3) is 0 Å². The smallest absolute Gasteiger partial charge is 0.253 e. The number of aryl methyl sites for hydroxylation is 2. The molecule has 0 atom stereocenters.